The predicted molar refractivity (Wildman–Crippen MR) is 79.0 cm³/mol. The van der Waals surface area contributed by atoms with Gasteiger partial charge in [0.1, 0.15) is 0 Å². The van der Waals surface area contributed by atoms with Crippen molar-refractivity contribution >= 4 is 11.9 Å². The fraction of sp³-hybridized carbons (Fsp3) is 0.188. The van der Waals surface area contributed by atoms with Crippen molar-refractivity contribution in [3.63, 3.8) is 0 Å². The molecule has 23 heavy (non-hydrogen) atoms. The number of methoxy groups -OCH3 is 1. The first-order chi connectivity index (χ1) is 11.1. The van der Waals surface area contributed by atoms with Gasteiger partial charge in [0.05, 0.1) is 31.4 Å². The van der Waals surface area contributed by atoms with Crippen molar-refractivity contribution in [2.24, 2.45) is 0 Å². The fourth-order valence-electron chi connectivity index (χ4n) is 1.77. The maximum atomic E-state index is 11.8. The molecule has 7 nitrogen and oxygen atoms in total. The molecule has 0 aliphatic rings. The van der Waals surface area contributed by atoms with Gasteiger partial charge in [-0.15, -0.1) is 0 Å². The van der Waals surface area contributed by atoms with Gasteiger partial charge in [0.2, 0.25) is 0 Å². The van der Waals surface area contributed by atoms with E-state index in [-0.39, 0.29) is 30.2 Å². The average molecular weight is 314 g/mol. The van der Waals surface area contributed by atoms with Crippen LogP contribution < -0.4 is 14.8 Å². The molecule has 0 radical (unpaired) electrons. The quantitative estimate of drug-likeness (QED) is 0.645. The number of amides is 1. The molecular formula is C16H14N2O5. The van der Waals surface area contributed by atoms with Crippen molar-refractivity contribution in [2.45, 2.75) is 6.42 Å². The van der Waals surface area contributed by atoms with Gasteiger partial charge in [-0.25, -0.2) is 0 Å². The van der Waals surface area contributed by atoms with Crippen LogP contribution in [0.2, 0.25) is 0 Å². The Labute approximate surface area is 132 Å². The van der Waals surface area contributed by atoms with Gasteiger partial charge in [0.15, 0.2) is 17.3 Å². The van der Waals surface area contributed by atoms with Gasteiger partial charge in [-0.05, 0) is 24.3 Å². The first-order valence-corrected chi connectivity index (χ1v) is 6.74. The largest absolute Gasteiger partial charge is 0.493 e. The Hall–Kier alpha value is -3.27. The van der Waals surface area contributed by atoms with Crippen LogP contribution in [0.5, 0.6) is 11.5 Å². The second-order valence-electron chi connectivity index (χ2n) is 4.43. The van der Waals surface area contributed by atoms with Gasteiger partial charge in [-0.1, -0.05) is 0 Å². The van der Waals surface area contributed by atoms with Crippen molar-refractivity contribution in [3.05, 3.63) is 47.9 Å². The molecule has 0 aliphatic carbocycles. The number of furan rings is 1. The Balaban J connectivity index is 1.85. The van der Waals surface area contributed by atoms with Gasteiger partial charge in [-0.3, -0.25) is 9.59 Å². The number of esters is 1. The number of nitriles is 1. The minimum Gasteiger partial charge on any atom is -0.493 e. The van der Waals surface area contributed by atoms with Gasteiger partial charge in [0, 0.05) is 12.6 Å². The number of carbonyl (C=O) groups excluding carboxylic acids is 2. The molecule has 0 aliphatic heterocycles. The molecule has 1 amide bonds. The Morgan fingerprint density at radius 2 is 2.13 bits per heavy atom. The first-order valence-electron chi connectivity index (χ1n) is 6.74. The Morgan fingerprint density at radius 1 is 1.30 bits per heavy atom. The molecule has 0 unspecified atom stereocenters. The summed E-state index contributed by atoms with van der Waals surface area (Å²) in [6.45, 7) is 0.108. The highest BCUT2D eigenvalue weighted by molar-refractivity contribution is 5.91. The monoisotopic (exact) mass is 314 g/mol. The molecule has 0 saturated heterocycles. The number of carbonyl (C=O) groups is 2. The van der Waals surface area contributed by atoms with E-state index in [0.29, 0.717) is 5.56 Å². The molecule has 0 saturated carbocycles. The molecule has 2 aromatic rings. The van der Waals surface area contributed by atoms with Gasteiger partial charge in [-0.2, -0.15) is 5.26 Å². The lowest BCUT2D eigenvalue weighted by atomic mass is 10.2. The highest BCUT2D eigenvalue weighted by Gasteiger charge is 2.12. The van der Waals surface area contributed by atoms with E-state index >= 15 is 0 Å². The average Bonchev–Trinajstić information content (AvgIpc) is 3.09. The number of nitrogens with one attached hydrogen (secondary N) is 1. The van der Waals surface area contributed by atoms with Crippen molar-refractivity contribution in [1.82, 2.24) is 5.32 Å². The van der Waals surface area contributed by atoms with Crippen LogP contribution in [0, 0.1) is 11.3 Å². The Kier molecular flexibility index (Phi) is 5.36. The number of nitrogens with zero attached hydrogens (tertiary/aromatic N) is 1. The molecule has 0 spiro atoms. The molecule has 0 bridgehead atoms. The summed E-state index contributed by atoms with van der Waals surface area (Å²) in [5.41, 5.74) is 0.396. The third kappa shape index (κ3) is 4.35. The zero-order valence-electron chi connectivity index (χ0n) is 12.4. The minimum atomic E-state index is -0.534. The standard InChI is InChI=1S/C16H14N2O5/c1-21-14-9-11(10-17)4-5-12(14)23-15(19)6-7-18-16(20)13-3-2-8-22-13/h2-5,8-9H,6-7H2,1H3,(H,18,20). The van der Waals surface area contributed by atoms with Gasteiger partial charge >= 0.3 is 5.97 Å². The van der Waals surface area contributed by atoms with E-state index in [9.17, 15) is 9.59 Å². The molecule has 118 valence electrons. The molecule has 1 heterocycles. The lowest BCUT2D eigenvalue weighted by molar-refractivity contribution is -0.134. The minimum absolute atomic E-state index is 0.0182. The van der Waals surface area contributed by atoms with E-state index in [1.165, 1.54) is 37.6 Å². The van der Waals surface area contributed by atoms with E-state index in [1.807, 2.05) is 6.07 Å². The lowest BCUT2D eigenvalue weighted by Crippen LogP contribution is -2.26. The van der Waals surface area contributed by atoms with Crippen LogP contribution in [-0.4, -0.2) is 25.5 Å². The third-order valence-corrected chi connectivity index (χ3v) is 2.88. The van der Waals surface area contributed by atoms with E-state index in [4.69, 9.17) is 19.2 Å². The topological polar surface area (TPSA) is 102 Å². The Bertz CT molecular complexity index is 731. The number of rotatable bonds is 6. The summed E-state index contributed by atoms with van der Waals surface area (Å²) in [7, 11) is 1.41. The van der Waals surface area contributed by atoms with E-state index in [1.54, 1.807) is 6.07 Å². The second kappa shape index (κ2) is 7.66. The van der Waals surface area contributed by atoms with Crippen molar-refractivity contribution < 1.29 is 23.5 Å². The molecule has 0 atom stereocenters. The van der Waals surface area contributed by atoms with Crippen LogP contribution >= 0.6 is 0 Å². The van der Waals surface area contributed by atoms with Gasteiger partial charge in [0.25, 0.3) is 5.91 Å². The summed E-state index contributed by atoms with van der Waals surface area (Å²) < 4.78 is 15.2. The van der Waals surface area contributed by atoms with Crippen molar-refractivity contribution in [2.75, 3.05) is 13.7 Å². The predicted octanol–water partition coefficient (Wildman–Crippen LogP) is 1.89. The van der Waals surface area contributed by atoms with Crippen LogP contribution in [0.1, 0.15) is 22.5 Å². The SMILES string of the molecule is COc1cc(C#N)ccc1OC(=O)CCNC(=O)c1ccco1. The van der Waals surface area contributed by atoms with Gasteiger partial charge < -0.3 is 19.2 Å². The van der Waals surface area contributed by atoms with E-state index in [0.717, 1.165) is 0 Å². The van der Waals surface area contributed by atoms with Crippen molar-refractivity contribution in [1.29, 1.82) is 5.26 Å². The van der Waals surface area contributed by atoms with Crippen molar-refractivity contribution in [3.8, 4) is 17.6 Å². The zero-order valence-corrected chi connectivity index (χ0v) is 12.4. The third-order valence-electron chi connectivity index (χ3n) is 2.88. The molecule has 1 aromatic carbocycles. The Morgan fingerprint density at radius 3 is 2.78 bits per heavy atom. The van der Waals surface area contributed by atoms with E-state index < -0.39 is 11.9 Å². The summed E-state index contributed by atoms with van der Waals surface area (Å²) >= 11 is 0. The molecule has 2 rings (SSSR count). The fourth-order valence-corrected chi connectivity index (χ4v) is 1.77. The maximum absolute atomic E-state index is 11.8. The summed E-state index contributed by atoms with van der Waals surface area (Å²) in [6.07, 6.45) is 1.37. The summed E-state index contributed by atoms with van der Waals surface area (Å²) in [5, 5.41) is 11.4. The molecular weight excluding hydrogens is 300 g/mol. The molecule has 1 aromatic heterocycles. The zero-order chi connectivity index (χ0) is 16.7. The number of hydrogen-bond donors (Lipinski definition) is 1. The molecule has 7 heteroatoms. The number of hydrogen-bond acceptors (Lipinski definition) is 6. The maximum Gasteiger partial charge on any atom is 0.313 e. The van der Waals surface area contributed by atoms with Crippen LogP contribution in [0.25, 0.3) is 0 Å². The summed E-state index contributed by atoms with van der Waals surface area (Å²) in [4.78, 5) is 23.4. The van der Waals surface area contributed by atoms with Crippen LogP contribution in [0.4, 0.5) is 0 Å². The smallest absolute Gasteiger partial charge is 0.313 e. The molecule has 1 N–H and O–H groups in total. The highest BCUT2D eigenvalue weighted by Crippen LogP contribution is 2.28. The van der Waals surface area contributed by atoms with Crippen LogP contribution in [0.15, 0.2) is 41.0 Å². The van der Waals surface area contributed by atoms with E-state index in [2.05, 4.69) is 5.32 Å². The number of benzene rings is 1. The normalized spacial score (nSPS) is 9.74. The van der Waals surface area contributed by atoms with Crippen LogP contribution in [-0.2, 0) is 4.79 Å². The highest BCUT2D eigenvalue weighted by atomic mass is 16.6. The van der Waals surface area contributed by atoms with Crippen LogP contribution in [0.3, 0.4) is 0 Å². The summed E-state index contributed by atoms with van der Waals surface area (Å²) in [6, 6.07) is 9.56. The first kappa shape index (κ1) is 16.1. The summed E-state index contributed by atoms with van der Waals surface area (Å²) in [5.74, 6) is -0.260. The second-order valence-corrected chi connectivity index (χ2v) is 4.43. The molecule has 0 fully saturated rings. The number of ether oxygens (including phenoxy) is 2. The lowest BCUT2D eigenvalue weighted by Gasteiger charge is -2.09.